The van der Waals surface area contributed by atoms with Crippen molar-refractivity contribution in [2.75, 3.05) is 30.0 Å². The van der Waals surface area contributed by atoms with Crippen LogP contribution in [0.2, 0.25) is 0 Å². The van der Waals surface area contributed by atoms with Gasteiger partial charge in [0, 0.05) is 23.6 Å². The predicted molar refractivity (Wildman–Crippen MR) is 134 cm³/mol. The molecule has 1 atom stereocenters. The van der Waals surface area contributed by atoms with Crippen molar-refractivity contribution in [2.24, 2.45) is 0 Å². The number of benzene rings is 2. The molecule has 1 aromatic heterocycles. The fourth-order valence-electron chi connectivity index (χ4n) is 4.23. The van der Waals surface area contributed by atoms with Gasteiger partial charge >= 0.3 is 0 Å². The summed E-state index contributed by atoms with van der Waals surface area (Å²) in [6, 6.07) is 10.5. The standard InChI is InChI=1S/C26H25N3O5S/c1-4-5-24-27-18(14-35-24)16-6-8-22-20(10-16)29(25(31)13-33-22)12-21(30)17-7-9-23-19(11-17)28(3)26(32)15(2)34-23/h6-11,14-15H,4-5,12-13H2,1-3H3. The fraction of sp³-hybridized carbons (Fsp3) is 0.308. The number of aromatic nitrogens is 1. The van der Waals surface area contributed by atoms with Crippen LogP contribution in [0.1, 0.15) is 35.6 Å². The van der Waals surface area contributed by atoms with E-state index < -0.39 is 6.10 Å². The number of hydrogen-bond donors (Lipinski definition) is 0. The lowest BCUT2D eigenvalue weighted by atomic mass is 10.1. The number of thiazole rings is 1. The smallest absolute Gasteiger partial charge is 0.267 e. The van der Waals surface area contributed by atoms with Crippen LogP contribution in [0.15, 0.2) is 41.8 Å². The molecule has 2 amide bonds. The summed E-state index contributed by atoms with van der Waals surface area (Å²) in [7, 11) is 1.65. The van der Waals surface area contributed by atoms with E-state index in [1.807, 2.05) is 23.6 Å². The summed E-state index contributed by atoms with van der Waals surface area (Å²) >= 11 is 1.61. The van der Waals surface area contributed by atoms with Crippen LogP contribution < -0.4 is 19.3 Å². The Morgan fingerprint density at radius 1 is 1.14 bits per heavy atom. The quantitative estimate of drug-likeness (QED) is 0.482. The van der Waals surface area contributed by atoms with Gasteiger partial charge in [0.15, 0.2) is 18.5 Å². The lowest BCUT2D eigenvalue weighted by Gasteiger charge is -2.31. The molecule has 2 aromatic carbocycles. The maximum atomic E-state index is 13.2. The maximum absolute atomic E-state index is 13.2. The van der Waals surface area contributed by atoms with Crippen LogP contribution in [0.5, 0.6) is 11.5 Å². The lowest BCUT2D eigenvalue weighted by molar-refractivity contribution is -0.125. The van der Waals surface area contributed by atoms with E-state index >= 15 is 0 Å². The van der Waals surface area contributed by atoms with Crippen LogP contribution in [0.3, 0.4) is 0 Å². The van der Waals surface area contributed by atoms with Gasteiger partial charge in [0.2, 0.25) is 0 Å². The van der Waals surface area contributed by atoms with E-state index in [9.17, 15) is 14.4 Å². The zero-order valence-corrected chi connectivity index (χ0v) is 20.6. The van der Waals surface area contributed by atoms with Gasteiger partial charge in [0.05, 0.1) is 28.6 Å². The largest absolute Gasteiger partial charge is 0.482 e. The highest BCUT2D eigenvalue weighted by Crippen LogP contribution is 2.37. The highest BCUT2D eigenvalue weighted by atomic mass is 32.1. The van der Waals surface area contributed by atoms with E-state index in [0.29, 0.717) is 28.4 Å². The molecule has 2 aliphatic rings. The second kappa shape index (κ2) is 9.14. The second-order valence-corrected chi connectivity index (χ2v) is 9.53. The molecule has 0 aliphatic carbocycles. The molecule has 5 rings (SSSR count). The lowest BCUT2D eigenvalue weighted by Crippen LogP contribution is -2.43. The van der Waals surface area contributed by atoms with Gasteiger partial charge in [-0.3, -0.25) is 19.3 Å². The van der Waals surface area contributed by atoms with Gasteiger partial charge < -0.3 is 14.4 Å². The first-order valence-corrected chi connectivity index (χ1v) is 12.4. The van der Waals surface area contributed by atoms with Crippen molar-refractivity contribution >= 4 is 40.3 Å². The minimum Gasteiger partial charge on any atom is -0.482 e. The highest BCUT2D eigenvalue weighted by molar-refractivity contribution is 7.09. The Bertz CT molecular complexity index is 1330. The van der Waals surface area contributed by atoms with Gasteiger partial charge in [-0.05, 0) is 56.2 Å². The van der Waals surface area contributed by atoms with E-state index in [2.05, 4.69) is 6.92 Å². The fourth-order valence-corrected chi connectivity index (χ4v) is 5.14. The zero-order valence-electron chi connectivity index (χ0n) is 19.7. The number of aryl methyl sites for hydroxylation is 1. The first kappa shape index (κ1) is 23.0. The molecular formula is C26H25N3O5S. The molecule has 8 nitrogen and oxygen atoms in total. The summed E-state index contributed by atoms with van der Waals surface area (Å²) in [5.74, 6) is 0.354. The average Bonchev–Trinajstić information content (AvgIpc) is 3.33. The molecule has 3 aromatic rings. The summed E-state index contributed by atoms with van der Waals surface area (Å²) in [5, 5.41) is 3.07. The molecule has 0 N–H and O–H groups in total. The number of hydrogen-bond acceptors (Lipinski definition) is 7. The third-order valence-electron chi connectivity index (χ3n) is 6.14. The number of ketones is 1. The average molecular weight is 492 g/mol. The van der Waals surface area contributed by atoms with E-state index in [-0.39, 0.29) is 30.7 Å². The Balaban J connectivity index is 1.43. The molecule has 1 unspecified atom stereocenters. The minimum absolute atomic E-state index is 0.135. The maximum Gasteiger partial charge on any atom is 0.267 e. The SMILES string of the molecule is CCCc1nc(-c2ccc3c(c2)N(CC(=O)c2ccc4c(c2)N(C)C(=O)C(C)O4)C(=O)CO3)cs1. The third kappa shape index (κ3) is 4.27. The highest BCUT2D eigenvalue weighted by Gasteiger charge is 2.31. The van der Waals surface area contributed by atoms with Crippen LogP contribution in [0.4, 0.5) is 11.4 Å². The van der Waals surface area contributed by atoms with E-state index in [1.165, 1.54) is 9.80 Å². The normalized spacial score (nSPS) is 16.9. The van der Waals surface area contributed by atoms with Crippen molar-refractivity contribution in [1.29, 1.82) is 0 Å². The van der Waals surface area contributed by atoms with Crippen molar-refractivity contribution in [3.05, 3.63) is 52.3 Å². The van der Waals surface area contributed by atoms with Gasteiger partial charge in [-0.25, -0.2) is 4.98 Å². The van der Waals surface area contributed by atoms with Crippen LogP contribution in [0, 0.1) is 0 Å². The van der Waals surface area contributed by atoms with Crippen molar-refractivity contribution in [3.8, 4) is 22.8 Å². The van der Waals surface area contributed by atoms with Crippen molar-refractivity contribution in [3.63, 3.8) is 0 Å². The summed E-state index contributed by atoms with van der Waals surface area (Å²) < 4.78 is 11.3. The number of amides is 2. The number of rotatable bonds is 6. The summed E-state index contributed by atoms with van der Waals surface area (Å²) in [4.78, 5) is 46.0. The summed E-state index contributed by atoms with van der Waals surface area (Å²) in [6.45, 7) is 3.52. The van der Waals surface area contributed by atoms with Gasteiger partial charge in [0.25, 0.3) is 11.8 Å². The van der Waals surface area contributed by atoms with Gasteiger partial charge in [0.1, 0.15) is 11.5 Å². The van der Waals surface area contributed by atoms with Crippen LogP contribution in [-0.4, -0.2) is 48.9 Å². The number of likely N-dealkylation sites (N-methyl/N-ethyl adjacent to an activating group) is 1. The van der Waals surface area contributed by atoms with Crippen LogP contribution in [-0.2, 0) is 16.0 Å². The molecule has 0 radical (unpaired) electrons. The number of nitrogens with zero attached hydrogens (tertiary/aromatic N) is 3. The van der Waals surface area contributed by atoms with E-state index in [0.717, 1.165) is 29.1 Å². The monoisotopic (exact) mass is 491 g/mol. The van der Waals surface area contributed by atoms with Gasteiger partial charge in [-0.1, -0.05) is 6.92 Å². The molecule has 3 heterocycles. The molecule has 2 aliphatic heterocycles. The minimum atomic E-state index is -0.582. The van der Waals surface area contributed by atoms with E-state index in [1.54, 1.807) is 43.5 Å². The third-order valence-corrected chi connectivity index (χ3v) is 7.05. The number of anilines is 2. The first-order valence-electron chi connectivity index (χ1n) is 11.5. The number of Topliss-reactive ketones (excluding diaryl/α,β-unsaturated/α-hetero) is 1. The number of carbonyl (C=O) groups is 3. The number of carbonyl (C=O) groups excluding carboxylic acids is 3. The molecular weight excluding hydrogens is 466 g/mol. The summed E-state index contributed by atoms with van der Waals surface area (Å²) in [5.41, 5.74) is 3.16. The van der Waals surface area contributed by atoms with Crippen LogP contribution in [0.25, 0.3) is 11.3 Å². The second-order valence-electron chi connectivity index (χ2n) is 8.59. The van der Waals surface area contributed by atoms with Crippen molar-refractivity contribution in [2.45, 2.75) is 32.8 Å². The predicted octanol–water partition coefficient (Wildman–Crippen LogP) is 4.11. The number of ether oxygens (including phenoxy) is 2. The Hall–Kier alpha value is -3.72. The Kier molecular flexibility index (Phi) is 6.02. The first-order chi connectivity index (χ1) is 16.9. The van der Waals surface area contributed by atoms with Crippen LogP contribution >= 0.6 is 11.3 Å². The van der Waals surface area contributed by atoms with Gasteiger partial charge in [-0.15, -0.1) is 11.3 Å². The van der Waals surface area contributed by atoms with Gasteiger partial charge in [-0.2, -0.15) is 0 Å². The summed E-state index contributed by atoms with van der Waals surface area (Å²) in [6.07, 6.45) is 1.36. The molecule has 0 spiro atoms. The zero-order chi connectivity index (χ0) is 24.7. The van der Waals surface area contributed by atoms with Crippen molar-refractivity contribution in [1.82, 2.24) is 4.98 Å². The molecule has 0 saturated heterocycles. The molecule has 0 fully saturated rings. The Morgan fingerprint density at radius 3 is 2.74 bits per heavy atom. The topological polar surface area (TPSA) is 89.0 Å². The number of fused-ring (bicyclic) bond motifs is 2. The molecule has 35 heavy (non-hydrogen) atoms. The molecule has 0 saturated carbocycles. The molecule has 9 heteroatoms. The Morgan fingerprint density at radius 2 is 1.94 bits per heavy atom. The molecule has 180 valence electrons. The molecule has 0 bridgehead atoms. The van der Waals surface area contributed by atoms with E-state index in [4.69, 9.17) is 14.5 Å². The Labute approximate surface area is 207 Å². The van der Waals surface area contributed by atoms with Crippen molar-refractivity contribution < 1.29 is 23.9 Å².